The van der Waals surface area contributed by atoms with E-state index in [9.17, 15) is 4.79 Å². The summed E-state index contributed by atoms with van der Waals surface area (Å²) >= 11 is 22.0. The van der Waals surface area contributed by atoms with Crippen molar-refractivity contribution in [1.29, 1.82) is 0 Å². The molecule has 0 atom stereocenters. The number of halogens is 3. The fourth-order valence-electron chi connectivity index (χ4n) is 1.72. The Morgan fingerprint density at radius 2 is 1.83 bits per heavy atom. The van der Waals surface area contributed by atoms with Crippen molar-refractivity contribution in [1.82, 2.24) is 0 Å². The highest BCUT2D eigenvalue weighted by Crippen LogP contribution is 2.49. The van der Waals surface area contributed by atoms with Crippen molar-refractivity contribution in [2.75, 3.05) is 11.1 Å². The molecule has 1 fully saturated rings. The van der Waals surface area contributed by atoms with Crippen LogP contribution in [0.25, 0.3) is 0 Å². The highest BCUT2D eigenvalue weighted by atomic mass is 35.5. The number of carbonyl (C=O) groups excluding carboxylic acids is 1. The van der Waals surface area contributed by atoms with Crippen molar-refractivity contribution in [2.24, 2.45) is 5.41 Å². The number of nitrogens with one attached hydrogen (secondary N) is 1. The van der Waals surface area contributed by atoms with Gasteiger partial charge in [-0.1, -0.05) is 34.8 Å². The van der Waals surface area contributed by atoms with Gasteiger partial charge >= 0.3 is 0 Å². The van der Waals surface area contributed by atoms with Gasteiger partial charge in [0.2, 0.25) is 5.91 Å². The minimum absolute atomic E-state index is 0.0677. The highest BCUT2D eigenvalue weighted by Gasteiger charge is 2.42. The summed E-state index contributed by atoms with van der Waals surface area (Å²) in [6.07, 6.45) is 2.57. The average Bonchev–Trinajstić information content (AvgIpc) is 3.06. The molecule has 0 bridgehead atoms. The van der Waals surface area contributed by atoms with Crippen molar-refractivity contribution >= 4 is 59.0 Å². The molecule has 1 saturated carbocycles. The van der Waals surface area contributed by atoms with E-state index in [2.05, 4.69) is 17.9 Å². The molecule has 0 heterocycles. The van der Waals surface area contributed by atoms with E-state index in [1.165, 1.54) is 6.07 Å². The number of thiol groups is 1. The molecule has 2 rings (SSSR count). The molecule has 18 heavy (non-hydrogen) atoms. The summed E-state index contributed by atoms with van der Waals surface area (Å²) in [5, 5.41) is 3.88. The SMILES string of the molecule is O=C(CC1(CS)CC1)Nc1cc(Cl)c(Cl)cc1Cl. The van der Waals surface area contributed by atoms with Crippen molar-refractivity contribution < 1.29 is 4.79 Å². The highest BCUT2D eigenvalue weighted by molar-refractivity contribution is 7.80. The zero-order valence-electron chi connectivity index (χ0n) is 9.47. The van der Waals surface area contributed by atoms with E-state index in [-0.39, 0.29) is 11.3 Å². The first-order chi connectivity index (χ1) is 8.46. The minimum atomic E-state index is -0.0677. The maximum atomic E-state index is 11.9. The topological polar surface area (TPSA) is 29.1 Å². The molecule has 2 nitrogen and oxygen atoms in total. The van der Waals surface area contributed by atoms with E-state index in [1.54, 1.807) is 6.07 Å². The van der Waals surface area contributed by atoms with Crippen LogP contribution in [0.5, 0.6) is 0 Å². The maximum Gasteiger partial charge on any atom is 0.225 e. The van der Waals surface area contributed by atoms with Crippen molar-refractivity contribution in [2.45, 2.75) is 19.3 Å². The van der Waals surface area contributed by atoms with Crippen LogP contribution in [-0.2, 0) is 4.79 Å². The Labute approximate surface area is 126 Å². The lowest BCUT2D eigenvalue weighted by Gasteiger charge is -2.13. The molecular weight excluding hydrogens is 313 g/mol. The second-order valence-electron chi connectivity index (χ2n) is 4.63. The van der Waals surface area contributed by atoms with E-state index >= 15 is 0 Å². The van der Waals surface area contributed by atoms with Gasteiger partial charge in [-0.2, -0.15) is 12.6 Å². The fourth-order valence-corrected chi connectivity index (χ4v) is 2.74. The first-order valence-corrected chi connectivity index (χ1v) is 7.28. The standard InChI is InChI=1S/C12H12Cl3NOS/c13-7-3-9(15)10(4-8(7)14)16-11(17)5-12(6-18)1-2-12/h3-4,18H,1-2,5-6H2,(H,16,17). The molecule has 1 aliphatic rings. The average molecular weight is 325 g/mol. The third-order valence-electron chi connectivity index (χ3n) is 3.11. The van der Waals surface area contributed by atoms with Gasteiger partial charge in [-0.25, -0.2) is 0 Å². The van der Waals surface area contributed by atoms with Crippen LogP contribution in [0.1, 0.15) is 19.3 Å². The predicted molar refractivity (Wildman–Crippen MR) is 80.2 cm³/mol. The number of hydrogen-bond donors (Lipinski definition) is 2. The van der Waals surface area contributed by atoms with Crippen LogP contribution in [0.4, 0.5) is 5.69 Å². The Kier molecular flexibility index (Phi) is 4.37. The molecule has 1 aromatic rings. The Morgan fingerprint density at radius 1 is 1.22 bits per heavy atom. The second-order valence-corrected chi connectivity index (χ2v) is 6.17. The Hall–Kier alpha value is -0.0900. The summed E-state index contributed by atoms with van der Waals surface area (Å²) in [4.78, 5) is 11.9. The third-order valence-corrected chi connectivity index (χ3v) is 4.82. The van der Waals surface area contributed by atoms with Gasteiger partial charge in [0.1, 0.15) is 0 Å². The van der Waals surface area contributed by atoms with Crippen molar-refractivity contribution in [3.63, 3.8) is 0 Å². The molecule has 1 aliphatic carbocycles. The summed E-state index contributed by atoms with van der Waals surface area (Å²) in [5.74, 6) is 0.664. The Morgan fingerprint density at radius 3 is 2.39 bits per heavy atom. The van der Waals surface area contributed by atoms with Gasteiger partial charge in [-0.05, 0) is 36.1 Å². The molecule has 6 heteroatoms. The van der Waals surface area contributed by atoms with Crippen LogP contribution >= 0.6 is 47.4 Å². The van der Waals surface area contributed by atoms with Crippen LogP contribution in [0.2, 0.25) is 15.1 Å². The smallest absolute Gasteiger partial charge is 0.225 e. The van der Waals surface area contributed by atoms with Crippen LogP contribution in [0, 0.1) is 5.41 Å². The van der Waals surface area contributed by atoms with Crippen LogP contribution in [-0.4, -0.2) is 11.7 Å². The monoisotopic (exact) mass is 323 g/mol. The molecule has 1 N–H and O–H groups in total. The molecule has 0 aromatic heterocycles. The van der Waals surface area contributed by atoms with Gasteiger partial charge < -0.3 is 5.32 Å². The lowest BCUT2D eigenvalue weighted by Crippen LogP contribution is -2.18. The maximum absolute atomic E-state index is 11.9. The van der Waals surface area contributed by atoms with E-state index in [4.69, 9.17) is 34.8 Å². The lowest BCUT2D eigenvalue weighted by atomic mass is 10.1. The Balaban J connectivity index is 2.05. The van der Waals surface area contributed by atoms with Gasteiger partial charge in [0.15, 0.2) is 0 Å². The zero-order chi connectivity index (χ0) is 13.3. The van der Waals surface area contributed by atoms with E-state index < -0.39 is 0 Å². The first-order valence-electron chi connectivity index (χ1n) is 5.51. The molecule has 1 amide bonds. The summed E-state index contributed by atoms with van der Waals surface area (Å²) < 4.78 is 0. The number of amides is 1. The predicted octanol–water partition coefficient (Wildman–Crippen LogP) is 4.69. The van der Waals surface area contributed by atoms with Gasteiger partial charge in [0, 0.05) is 6.42 Å². The van der Waals surface area contributed by atoms with Crippen LogP contribution < -0.4 is 5.32 Å². The van der Waals surface area contributed by atoms with E-state index in [1.807, 2.05) is 0 Å². The lowest BCUT2D eigenvalue weighted by molar-refractivity contribution is -0.117. The molecule has 1 aromatic carbocycles. The first kappa shape index (κ1) is 14.3. The molecule has 98 valence electrons. The number of benzene rings is 1. The quantitative estimate of drug-likeness (QED) is 0.611. The number of hydrogen-bond acceptors (Lipinski definition) is 2. The molecule has 0 aliphatic heterocycles. The van der Waals surface area contributed by atoms with E-state index in [0.29, 0.717) is 27.2 Å². The zero-order valence-corrected chi connectivity index (χ0v) is 12.6. The summed E-state index contributed by atoms with van der Waals surface area (Å²) in [6, 6.07) is 3.08. The number of anilines is 1. The third kappa shape index (κ3) is 3.27. The summed E-state index contributed by atoms with van der Waals surface area (Å²) in [7, 11) is 0. The largest absolute Gasteiger partial charge is 0.325 e. The van der Waals surface area contributed by atoms with Crippen molar-refractivity contribution in [3.05, 3.63) is 27.2 Å². The molecule has 0 spiro atoms. The normalized spacial score (nSPS) is 16.4. The van der Waals surface area contributed by atoms with Crippen LogP contribution in [0.3, 0.4) is 0 Å². The van der Waals surface area contributed by atoms with E-state index in [0.717, 1.165) is 18.6 Å². The summed E-state index contributed by atoms with van der Waals surface area (Å²) in [5.41, 5.74) is 0.571. The van der Waals surface area contributed by atoms with Gasteiger partial charge in [-0.15, -0.1) is 0 Å². The van der Waals surface area contributed by atoms with Crippen molar-refractivity contribution in [3.8, 4) is 0 Å². The summed E-state index contributed by atoms with van der Waals surface area (Å²) in [6.45, 7) is 0. The number of carbonyl (C=O) groups is 1. The van der Waals surface area contributed by atoms with Gasteiger partial charge in [-0.3, -0.25) is 4.79 Å². The molecule has 0 saturated heterocycles. The minimum Gasteiger partial charge on any atom is -0.325 e. The van der Waals surface area contributed by atoms with Gasteiger partial charge in [0.05, 0.1) is 20.8 Å². The molecule has 0 unspecified atom stereocenters. The molecule has 0 radical (unpaired) electrons. The van der Waals surface area contributed by atoms with Gasteiger partial charge in [0.25, 0.3) is 0 Å². The fraction of sp³-hybridized carbons (Fsp3) is 0.417. The second kappa shape index (κ2) is 5.49. The Bertz CT molecular complexity index is 488. The molecular formula is C12H12Cl3NOS. The number of rotatable bonds is 4. The van der Waals surface area contributed by atoms with Crippen LogP contribution in [0.15, 0.2) is 12.1 Å².